The Labute approximate surface area is 143 Å². The number of rotatable bonds is 3. The van der Waals surface area contributed by atoms with Crippen molar-refractivity contribution in [1.82, 2.24) is 4.98 Å². The molecule has 0 bridgehead atoms. The molecular formula is C12H4Cl4N2O4. The first-order valence-corrected chi connectivity index (χ1v) is 6.99. The quantitative estimate of drug-likeness (QED) is 0.250. The zero-order chi connectivity index (χ0) is 16.4. The van der Waals surface area contributed by atoms with Gasteiger partial charge in [0.05, 0.1) is 20.0 Å². The third kappa shape index (κ3) is 3.41. The maximum absolute atomic E-state index is 12.0. The summed E-state index contributed by atoms with van der Waals surface area (Å²) in [5, 5.41) is 9.92. The van der Waals surface area contributed by atoms with Crippen LogP contribution in [-0.4, -0.2) is 15.9 Å². The Bertz CT molecular complexity index is 765. The van der Waals surface area contributed by atoms with Crippen molar-refractivity contribution in [2.45, 2.75) is 0 Å². The van der Waals surface area contributed by atoms with Gasteiger partial charge in [-0.05, 0) is 12.1 Å². The standard InChI is InChI=1S/C12H4Cl4N2O4/c13-7-8(14)10(17-11(16)9(7)15)12(19)22-6-3-1-5(2-4-6)18(20)21/h1-4H. The molecule has 0 amide bonds. The minimum atomic E-state index is -0.931. The van der Waals surface area contributed by atoms with Gasteiger partial charge in [0.25, 0.3) is 5.69 Å². The van der Waals surface area contributed by atoms with Crippen molar-refractivity contribution in [3.8, 4) is 5.75 Å². The average molecular weight is 382 g/mol. The minimum absolute atomic E-state index is 0.0654. The number of nitrogens with zero attached hydrogens (tertiary/aromatic N) is 2. The van der Waals surface area contributed by atoms with Crippen LogP contribution in [0.25, 0.3) is 0 Å². The Morgan fingerprint density at radius 2 is 1.64 bits per heavy atom. The van der Waals surface area contributed by atoms with Crippen LogP contribution in [0.5, 0.6) is 5.75 Å². The van der Waals surface area contributed by atoms with Crippen molar-refractivity contribution < 1.29 is 14.5 Å². The van der Waals surface area contributed by atoms with Crippen LogP contribution >= 0.6 is 46.4 Å². The summed E-state index contributed by atoms with van der Waals surface area (Å²) in [4.78, 5) is 25.7. The van der Waals surface area contributed by atoms with E-state index in [9.17, 15) is 14.9 Å². The van der Waals surface area contributed by atoms with Crippen LogP contribution in [0.3, 0.4) is 0 Å². The fourth-order valence-electron chi connectivity index (χ4n) is 1.41. The number of non-ortho nitro benzene ring substituents is 1. The molecule has 0 N–H and O–H groups in total. The highest BCUT2D eigenvalue weighted by Crippen LogP contribution is 2.36. The monoisotopic (exact) mass is 380 g/mol. The normalized spacial score (nSPS) is 10.4. The number of pyridine rings is 1. The lowest BCUT2D eigenvalue weighted by molar-refractivity contribution is -0.384. The number of aromatic nitrogens is 1. The summed E-state index contributed by atoms with van der Waals surface area (Å²) in [7, 11) is 0. The van der Waals surface area contributed by atoms with Gasteiger partial charge in [-0.3, -0.25) is 10.1 Å². The lowest BCUT2D eigenvalue weighted by atomic mass is 10.3. The molecule has 0 fully saturated rings. The van der Waals surface area contributed by atoms with E-state index in [1.165, 1.54) is 24.3 Å². The second-order valence-corrected chi connectivity index (χ2v) is 5.33. The van der Waals surface area contributed by atoms with Crippen molar-refractivity contribution in [3.05, 3.63) is 60.3 Å². The smallest absolute Gasteiger partial charge is 0.364 e. The molecule has 0 unspecified atom stereocenters. The average Bonchev–Trinajstić information content (AvgIpc) is 2.49. The molecule has 0 saturated heterocycles. The molecule has 0 aliphatic carbocycles. The van der Waals surface area contributed by atoms with Gasteiger partial charge in [0.2, 0.25) is 0 Å². The lowest BCUT2D eigenvalue weighted by Crippen LogP contribution is -2.12. The first kappa shape index (κ1) is 16.8. The zero-order valence-corrected chi connectivity index (χ0v) is 13.4. The Kier molecular flexibility index (Phi) is 5.08. The summed E-state index contributed by atoms with van der Waals surface area (Å²) in [6.07, 6.45) is 0. The van der Waals surface area contributed by atoms with Crippen molar-refractivity contribution >= 4 is 58.1 Å². The number of benzene rings is 1. The molecule has 2 aromatic rings. The Hall–Kier alpha value is -1.60. The first-order valence-electron chi connectivity index (χ1n) is 5.48. The second-order valence-electron chi connectivity index (χ2n) is 3.83. The van der Waals surface area contributed by atoms with Crippen LogP contribution in [0.1, 0.15) is 10.5 Å². The second kappa shape index (κ2) is 6.66. The van der Waals surface area contributed by atoms with Crippen LogP contribution < -0.4 is 4.74 Å². The van der Waals surface area contributed by atoms with Gasteiger partial charge in [-0.25, -0.2) is 9.78 Å². The Morgan fingerprint density at radius 1 is 1.05 bits per heavy atom. The third-order valence-electron chi connectivity index (χ3n) is 2.44. The highest BCUT2D eigenvalue weighted by molar-refractivity contribution is 6.52. The fraction of sp³-hybridized carbons (Fsp3) is 0. The van der Waals surface area contributed by atoms with E-state index in [0.29, 0.717) is 0 Å². The summed E-state index contributed by atoms with van der Waals surface area (Å²) in [5.74, 6) is -0.866. The third-order valence-corrected chi connectivity index (χ3v) is 4.11. The summed E-state index contributed by atoms with van der Waals surface area (Å²) >= 11 is 23.2. The maximum Gasteiger partial charge on any atom is 0.364 e. The van der Waals surface area contributed by atoms with E-state index in [0.717, 1.165) is 0 Å². The molecule has 0 aliphatic heterocycles. The number of nitro benzene ring substituents is 1. The highest BCUT2D eigenvalue weighted by Gasteiger charge is 2.22. The molecule has 2 rings (SSSR count). The van der Waals surface area contributed by atoms with Crippen LogP contribution in [0.15, 0.2) is 24.3 Å². The molecule has 1 heterocycles. The molecule has 1 aromatic heterocycles. The number of ether oxygens (including phenoxy) is 1. The molecule has 10 heteroatoms. The molecule has 1 aromatic carbocycles. The van der Waals surface area contributed by atoms with E-state index in [4.69, 9.17) is 51.1 Å². The van der Waals surface area contributed by atoms with E-state index in [1.54, 1.807) is 0 Å². The summed E-state index contributed by atoms with van der Waals surface area (Å²) in [6, 6.07) is 4.87. The topological polar surface area (TPSA) is 82.3 Å². The molecule has 0 atom stereocenters. The van der Waals surface area contributed by atoms with Gasteiger partial charge in [-0.1, -0.05) is 46.4 Å². The van der Waals surface area contributed by atoms with E-state index in [-0.39, 0.29) is 37.4 Å². The molecule has 114 valence electrons. The van der Waals surface area contributed by atoms with Gasteiger partial charge in [0.1, 0.15) is 10.9 Å². The number of hydrogen-bond donors (Lipinski definition) is 0. The number of halogens is 4. The highest BCUT2D eigenvalue weighted by atomic mass is 35.5. The van der Waals surface area contributed by atoms with Gasteiger partial charge in [-0.2, -0.15) is 0 Å². The first-order chi connectivity index (χ1) is 10.3. The van der Waals surface area contributed by atoms with Gasteiger partial charge in [0.15, 0.2) is 5.69 Å². The molecule has 6 nitrogen and oxygen atoms in total. The number of carbonyl (C=O) groups is 1. The van der Waals surface area contributed by atoms with E-state index in [1.807, 2.05) is 0 Å². The van der Waals surface area contributed by atoms with Crippen molar-refractivity contribution in [1.29, 1.82) is 0 Å². The van der Waals surface area contributed by atoms with E-state index < -0.39 is 10.9 Å². The summed E-state index contributed by atoms with van der Waals surface area (Å²) in [5.41, 5.74) is -0.465. The summed E-state index contributed by atoms with van der Waals surface area (Å²) in [6.45, 7) is 0. The number of carbonyl (C=O) groups excluding carboxylic acids is 1. The molecule has 0 aliphatic rings. The van der Waals surface area contributed by atoms with Gasteiger partial charge in [-0.15, -0.1) is 0 Å². The number of esters is 1. The maximum atomic E-state index is 12.0. The Morgan fingerprint density at radius 3 is 2.18 bits per heavy atom. The van der Waals surface area contributed by atoms with Crippen LogP contribution in [0.4, 0.5) is 5.69 Å². The molecule has 0 spiro atoms. The van der Waals surface area contributed by atoms with E-state index >= 15 is 0 Å². The van der Waals surface area contributed by atoms with Crippen LogP contribution in [0, 0.1) is 10.1 Å². The summed E-state index contributed by atoms with van der Waals surface area (Å²) < 4.78 is 5.00. The number of hydrogen-bond acceptors (Lipinski definition) is 5. The lowest BCUT2D eigenvalue weighted by Gasteiger charge is -2.08. The van der Waals surface area contributed by atoms with Crippen molar-refractivity contribution in [2.75, 3.05) is 0 Å². The minimum Gasteiger partial charge on any atom is -0.422 e. The SMILES string of the molecule is O=C(Oc1ccc([N+](=O)[O-])cc1)c1nc(Cl)c(Cl)c(Cl)c1Cl. The van der Waals surface area contributed by atoms with Crippen molar-refractivity contribution in [3.63, 3.8) is 0 Å². The van der Waals surface area contributed by atoms with Crippen molar-refractivity contribution in [2.24, 2.45) is 0 Å². The molecule has 0 saturated carbocycles. The predicted molar refractivity (Wildman–Crippen MR) is 82.3 cm³/mol. The molecular weight excluding hydrogens is 378 g/mol. The van der Waals surface area contributed by atoms with Gasteiger partial charge >= 0.3 is 5.97 Å². The van der Waals surface area contributed by atoms with E-state index in [2.05, 4.69) is 4.98 Å². The van der Waals surface area contributed by atoms with Crippen LogP contribution in [0.2, 0.25) is 20.2 Å². The van der Waals surface area contributed by atoms with Gasteiger partial charge in [0, 0.05) is 12.1 Å². The Balaban J connectivity index is 2.28. The van der Waals surface area contributed by atoms with Gasteiger partial charge < -0.3 is 4.74 Å². The zero-order valence-electron chi connectivity index (χ0n) is 10.3. The largest absolute Gasteiger partial charge is 0.422 e. The molecule has 22 heavy (non-hydrogen) atoms. The predicted octanol–water partition coefficient (Wildman–Crippen LogP) is 4.82. The fourth-order valence-corrected chi connectivity index (χ4v) is 2.22. The number of nitro groups is 1. The van der Waals surface area contributed by atoms with Crippen LogP contribution in [-0.2, 0) is 0 Å². The molecule has 0 radical (unpaired) electrons.